The topological polar surface area (TPSA) is 156 Å². The third kappa shape index (κ3) is 6.00. The first-order valence-electron chi connectivity index (χ1n) is 9.28. The van der Waals surface area contributed by atoms with E-state index in [4.69, 9.17) is 11.5 Å². The van der Waals surface area contributed by atoms with Crippen LogP contribution < -0.4 is 16.8 Å². The number of carbonyl (C=O) groups excluding carboxylic acids is 4. The van der Waals surface area contributed by atoms with Crippen LogP contribution in [0.25, 0.3) is 0 Å². The van der Waals surface area contributed by atoms with Crippen molar-refractivity contribution >= 4 is 23.5 Å². The van der Waals surface area contributed by atoms with E-state index in [1.54, 1.807) is 0 Å². The largest absolute Gasteiger partial charge is 0.391 e. The van der Waals surface area contributed by atoms with Crippen molar-refractivity contribution in [3.05, 3.63) is 0 Å². The molecule has 3 amide bonds. The molecule has 154 valence electrons. The molecule has 0 radical (unpaired) electrons. The van der Waals surface area contributed by atoms with Gasteiger partial charge in [0.2, 0.25) is 17.6 Å². The Morgan fingerprint density at radius 3 is 2.33 bits per heavy atom. The van der Waals surface area contributed by atoms with Crippen LogP contribution in [0.1, 0.15) is 53.4 Å². The van der Waals surface area contributed by atoms with Crippen molar-refractivity contribution < 1.29 is 24.3 Å². The van der Waals surface area contributed by atoms with Crippen LogP contribution in [0.3, 0.4) is 0 Å². The number of β-amino-alcohol motifs (C(OH)–C–C–N with tert-alkyl or cyclic N) is 1. The molecule has 1 heterocycles. The lowest BCUT2D eigenvalue weighted by atomic mass is 9.86. The van der Waals surface area contributed by atoms with Crippen molar-refractivity contribution in [2.45, 2.75) is 77.6 Å². The van der Waals surface area contributed by atoms with E-state index in [-0.39, 0.29) is 19.4 Å². The van der Waals surface area contributed by atoms with Crippen molar-refractivity contribution in [3.63, 3.8) is 0 Å². The van der Waals surface area contributed by atoms with Gasteiger partial charge in [-0.25, -0.2) is 0 Å². The molecule has 1 rings (SSSR count). The fourth-order valence-electron chi connectivity index (χ4n) is 2.97. The van der Waals surface area contributed by atoms with Gasteiger partial charge in [0.25, 0.3) is 5.91 Å². The fourth-order valence-corrected chi connectivity index (χ4v) is 2.97. The highest BCUT2D eigenvalue weighted by atomic mass is 16.3. The number of ketones is 1. The summed E-state index contributed by atoms with van der Waals surface area (Å²) in [6.07, 6.45) is 0.840. The molecule has 1 aliphatic rings. The highest BCUT2D eigenvalue weighted by molar-refractivity contribution is 6.37. The predicted octanol–water partition coefficient (Wildman–Crippen LogP) is -0.949. The summed E-state index contributed by atoms with van der Waals surface area (Å²) in [5.41, 5.74) is 10.6. The Morgan fingerprint density at radius 1 is 1.26 bits per heavy atom. The van der Waals surface area contributed by atoms with Gasteiger partial charge >= 0.3 is 0 Å². The molecule has 1 aliphatic heterocycles. The van der Waals surface area contributed by atoms with E-state index in [9.17, 15) is 24.3 Å². The summed E-state index contributed by atoms with van der Waals surface area (Å²) in [5.74, 6) is -3.03. The van der Waals surface area contributed by atoms with E-state index in [0.29, 0.717) is 6.42 Å². The van der Waals surface area contributed by atoms with Crippen molar-refractivity contribution in [3.8, 4) is 0 Å². The van der Waals surface area contributed by atoms with Crippen molar-refractivity contribution in [2.75, 3.05) is 6.54 Å². The maximum Gasteiger partial charge on any atom is 0.287 e. The number of nitrogens with one attached hydrogen (secondary N) is 1. The molecule has 0 aromatic rings. The van der Waals surface area contributed by atoms with E-state index in [1.807, 2.05) is 27.7 Å². The molecular formula is C18H32N4O5. The first-order valence-corrected chi connectivity index (χ1v) is 9.28. The van der Waals surface area contributed by atoms with Crippen molar-refractivity contribution in [1.82, 2.24) is 10.2 Å². The SMILES string of the molecule is CCCCC(NC(=O)[C@@H]1CC(O)CN1C(=O)[C@@H](N)C(C)(C)C)C(=O)C(N)=O. The number of rotatable bonds is 8. The summed E-state index contributed by atoms with van der Waals surface area (Å²) in [7, 11) is 0. The number of aliphatic hydroxyl groups excluding tert-OH is 1. The highest BCUT2D eigenvalue weighted by Crippen LogP contribution is 2.25. The van der Waals surface area contributed by atoms with Crippen molar-refractivity contribution in [1.29, 1.82) is 0 Å². The average molecular weight is 384 g/mol. The zero-order valence-electron chi connectivity index (χ0n) is 16.5. The maximum atomic E-state index is 12.7. The van der Waals surface area contributed by atoms with Gasteiger partial charge in [-0.2, -0.15) is 0 Å². The molecule has 2 unspecified atom stereocenters. The average Bonchev–Trinajstić information content (AvgIpc) is 2.97. The van der Waals surface area contributed by atoms with Crippen molar-refractivity contribution in [2.24, 2.45) is 16.9 Å². The van der Waals surface area contributed by atoms with Gasteiger partial charge < -0.3 is 26.8 Å². The van der Waals surface area contributed by atoms with Gasteiger partial charge in [-0.3, -0.25) is 19.2 Å². The van der Waals surface area contributed by atoms with Gasteiger partial charge in [0.1, 0.15) is 6.04 Å². The number of aliphatic hydroxyl groups is 1. The molecule has 0 aromatic heterocycles. The molecule has 9 heteroatoms. The number of nitrogens with two attached hydrogens (primary N) is 2. The number of hydrogen-bond acceptors (Lipinski definition) is 6. The molecule has 0 saturated carbocycles. The second-order valence-electron chi connectivity index (χ2n) is 8.17. The van der Waals surface area contributed by atoms with Gasteiger partial charge in [-0.05, 0) is 11.8 Å². The summed E-state index contributed by atoms with van der Waals surface area (Å²) in [6.45, 7) is 7.33. The number of carbonyl (C=O) groups is 4. The lowest BCUT2D eigenvalue weighted by Crippen LogP contribution is -2.57. The summed E-state index contributed by atoms with van der Waals surface area (Å²) in [6, 6.07) is -2.84. The van der Waals surface area contributed by atoms with Crippen LogP contribution in [-0.2, 0) is 19.2 Å². The molecule has 0 aliphatic carbocycles. The molecule has 4 atom stereocenters. The zero-order chi connectivity index (χ0) is 20.9. The van der Waals surface area contributed by atoms with Gasteiger partial charge in [-0.1, -0.05) is 40.5 Å². The number of unbranched alkanes of at least 4 members (excludes halogenated alkanes) is 1. The Morgan fingerprint density at radius 2 is 1.85 bits per heavy atom. The molecule has 6 N–H and O–H groups in total. The second-order valence-corrected chi connectivity index (χ2v) is 8.17. The quantitative estimate of drug-likeness (QED) is 0.395. The Hall–Kier alpha value is -2.00. The molecule has 1 saturated heterocycles. The van der Waals surface area contributed by atoms with Crippen LogP contribution in [-0.4, -0.2) is 64.3 Å². The standard InChI is InChI=1S/C18H32N4O5/c1-5-6-7-11(13(24)15(20)25)21-16(26)12-8-10(23)9-22(12)17(27)14(19)18(2,3)4/h10-12,14,23H,5-9,19H2,1-4H3,(H2,20,25)(H,21,26)/t10?,11?,12-,14+/m0/s1. The molecule has 1 fully saturated rings. The van der Waals surface area contributed by atoms with Gasteiger partial charge in [0.15, 0.2) is 0 Å². The Kier molecular flexibility index (Phi) is 7.91. The second kappa shape index (κ2) is 9.27. The number of amides is 3. The predicted molar refractivity (Wildman–Crippen MR) is 99.2 cm³/mol. The van der Waals surface area contributed by atoms with E-state index >= 15 is 0 Å². The van der Waals surface area contributed by atoms with E-state index in [2.05, 4.69) is 5.32 Å². The van der Waals surface area contributed by atoms with E-state index in [0.717, 1.165) is 6.42 Å². The monoisotopic (exact) mass is 384 g/mol. The first-order chi connectivity index (χ1) is 12.4. The molecule has 0 bridgehead atoms. The Balaban J connectivity index is 2.95. The third-order valence-electron chi connectivity index (χ3n) is 4.79. The van der Waals surface area contributed by atoms with Crippen LogP contribution in [0, 0.1) is 5.41 Å². The van der Waals surface area contributed by atoms with Crippen LogP contribution in [0.4, 0.5) is 0 Å². The molecule has 9 nitrogen and oxygen atoms in total. The number of nitrogens with zero attached hydrogens (tertiary/aromatic N) is 1. The fraction of sp³-hybridized carbons (Fsp3) is 0.778. The number of primary amides is 1. The minimum Gasteiger partial charge on any atom is -0.391 e. The van der Waals surface area contributed by atoms with Gasteiger partial charge in [-0.15, -0.1) is 0 Å². The van der Waals surface area contributed by atoms with E-state index in [1.165, 1.54) is 4.90 Å². The van der Waals surface area contributed by atoms with Crippen LogP contribution in [0.2, 0.25) is 0 Å². The lowest BCUT2D eigenvalue weighted by Gasteiger charge is -2.32. The molecule has 0 spiro atoms. The van der Waals surface area contributed by atoms with Gasteiger partial charge in [0.05, 0.1) is 18.2 Å². The van der Waals surface area contributed by atoms with Gasteiger partial charge in [0, 0.05) is 13.0 Å². The summed E-state index contributed by atoms with van der Waals surface area (Å²) >= 11 is 0. The minimum atomic E-state index is -1.12. The summed E-state index contributed by atoms with van der Waals surface area (Å²) in [5, 5.41) is 12.5. The zero-order valence-corrected chi connectivity index (χ0v) is 16.5. The Labute approximate surface area is 159 Å². The van der Waals surface area contributed by atoms with Crippen LogP contribution >= 0.6 is 0 Å². The lowest BCUT2D eigenvalue weighted by molar-refractivity contribution is -0.143. The molecular weight excluding hydrogens is 352 g/mol. The summed E-state index contributed by atoms with van der Waals surface area (Å²) < 4.78 is 0. The van der Waals surface area contributed by atoms with Crippen LogP contribution in [0.15, 0.2) is 0 Å². The summed E-state index contributed by atoms with van der Waals surface area (Å²) in [4.78, 5) is 49.9. The third-order valence-corrected chi connectivity index (χ3v) is 4.79. The minimum absolute atomic E-state index is 0.00983. The molecule has 27 heavy (non-hydrogen) atoms. The Bertz CT molecular complexity index is 587. The van der Waals surface area contributed by atoms with E-state index < -0.39 is 53.1 Å². The molecule has 0 aromatic carbocycles. The smallest absolute Gasteiger partial charge is 0.287 e. The first kappa shape index (κ1) is 23.0. The van der Waals surface area contributed by atoms with Crippen LogP contribution in [0.5, 0.6) is 0 Å². The number of Topliss-reactive ketones (excluding diaryl/α,β-unsaturated/α-hetero) is 1. The number of likely N-dealkylation sites (tertiary alicyclic amines) is 1. The normalized spacial score (nSPS) is 22.2. The highest BCUT2D eigenvalue weighted by Gasteiger charge is 2.43. The maximum absolute atomic E-state index is 12.7. The number of hydrogen-bond donors (Lipinski definition) is 4.